The molecule has 27 heavy (non-hydrogen) atoms. The first-order valence-corrected chi connectivity index (χ1v) is 8.88. The highest BCUT2D eigenvalue weighted by atomic mass is 19.1. The van der Waals surface area contributed by atoms with Gasteiger partial charge in [-0.3, -0.25) is 4.79 Å². The minimum absolute atomic E-state index is 0.249. The Morgan fingerprint density at radius 1 is 1.07 bits per heavy atom. The van der Waals surface area contributed by atoms with E-state index in [0.29, 0.717) is 38.8 Å². The summed E-state index contributed by atoms with van der Waals surface area (Å²) in [5.74, 6) is 0.346. The zero-order valence-electron chi connectivity index (χ0n) is 14.8. The first-order chi connectivity index (χ1) is 13.2. The highest BCUT2D eigenvalue weighted by molar-refractivity contribution is 5.94. The molecule has 2 fully saturated rings. The molecule has 0 spiro atoms. The van der Waals surface area contributed by atoms with E-state index in [-0.39, 0.29) is 11.5 Å². The van der Waals surface area contributed by atoms with Crippen molar-refractivity contribution in [2.24, 2.45) is 0 Å². The van der Waals surface area contributed by atoms with Crippen LogP contribution in [-0.2, 0) is 9.47 Å². The maximum atomic E-state index is 13.4. The number of hydrogen-bond donors (Lipinski definition) is 0. The molecule has 2 aromatic rings. The van der Waals surface area contributed by atoms with E-state index in [9.17, 15) is 9.18 Å². The molecule has 0 aliphatic carbocycles. The van der Waals surface area contributed by atoms with Crippen molar-refractivity contribution in [3.8, 4) is 0 Å². The number of carbonyl (C=O) groups excluding carboxylic acids is 1. The van der Waals surface area contributed by atoms with E-state index in [0.717, 1.165) is 25.0 Å². The Labute approximate surface area is 155 Å². The van der Waals surface area contributed by atoms with E-state index in [1.165, 1.54) is 12.3 Å². The number of hydrogen-bond acceptors (Lipinski definition) is 7. The SMILES string of the molecule is O=C(c1ccnc(F)c1)N1CCOC[C@@H]1c1nccc(N2CCOCC2)n1. The fourth-order valence-corrected chi connectivity index (χ4v) is 3.25. The third-order valence-corrected chi connectivity index (χ3v) is 4.66. The smallest absolute Gasteiger partial charge is 0.254 e. The van der Waals surface area contributed by atoms with Gasteiger partial charge in [-0.05, 0) is 12.1 Å². The molecule has 0 unspecified atom stereocenters. The third kappa shape index (κ3) is 3.88. The zero-order valence-corrected chi connectivity index (χ0v) is 14.8. The number of rotatable bonds is 3. The van der Waals surface area contributed by atoms with Crippen LogP contribution < -0.4 is 4.90 Å². The van der Waals surface area contributed by atoms with Gasteiger partial charge in [-0.2, -0.15) is 4.39 Å². The highest BCUT2D eigenvalue weighted by Crippen LogP contribution is 2.25. The van der Waals surface area contributed by atoms with Gasteiger partial charge in [0, 0.05) is 43.7 Å². The van der Waals surface area contributed by atoms with E-state index in [1.54, 1.807) is 11.1 Å². The summed E-state index contributed by atoms with van der Waals surface area (Å²) in [6, 6.07) is 4.06. The van der Waals surface area contributed by atoms with Crippen LogP contribution in [0.3, 0.4) is 0 Å². The second-order valence-corrected chi connectivity index (χ2v) is 6.33. The van der Waals surface area contributed by atoms with Gasteiger partial charge in [-0.25, -0.2) is 15.0 Å². The van der Waals surface area contributed by atoms with Crippen LogP contribution in [0.1, 0.15) is 22.2 Å². The molecule has 0 bridgehead atoms. The molecular weight excluding hydrogens is 353 g/mol. The van der Waals surface area contributed by atoms with Gasteiger partial charge in [-0.1, -0.05) is 0 Å². The lowest BCUT2D eigenvalue weighted by Gasteiger charge is -2.35. The maximum absolute atomic E-state index is 13.4. The lowest BCUT2D eigenvalue weighted by Crippen LogP contribution is -2.44. The summed E-state index contributed by atoms with van der Waals surface area (Å²) in [5, 5.41) is 0. The van der Waals surface area contributed by atoms with Crippen LogP contribution in [-0.4, -0.2) is 71.8 Å². The number of amides is 1. The average Bonchev–Trinajstić information content (AvgIpc) is 2.74. The fourth-order valence-electron chi connectivity index (χ4n) is 3.25. The summed E-state index contributed by atoms with van der Waals surface area (Å²) in [6.45, 7) is 3.94. The number of morpholine rings is 2. The maximum Gasteiger partial charge on any atom is 0.254 e. The first-order valence-electron chi connectivity index (χ1n) is 8.88. The summed E-state index contributed by atoms with van der Waals surface area (Å²) in [6.07, 6.45) is 2.98. The molecule has 142 valence electrons. The molecule has 0 radical (unpaired) electrons. The molecule has 2 aromatic heterocycles. The van der Waals surface area contributed by atoms with Crippen LogP contribution in [0.2, 0.25) is 0 Å². The van der Waals surface area contributed by atoms with Crippen molar-refractivity contribution in [1.29, 1.82) is 0 Å². The molecule has 2 saturated heterocycles. The van der Waals surface area contributed by atoms with Crippen LogP contribution in [0.15, 0.2) is 30.6 Å². The molecule has 4 rings (SSSR count). The second-order valence-electron chi connectivity index (χ2n) is 6.33. The molecule has 1 amide bonds. The number of carbonyl (C=O) groups is 1. The molecule has 2 aliphatic rings. The van der Waals surface area contributed by atoms with Crippen LogP contribution in [0.4, 0.5) is 10.2 Å². The Morgan fingerprint density at radius 3 is 2.67 bits per heavy atom. The fraction of sp³-hybridized carbons (Fsp3) is 0.444. The van der Waals surface area contributed by atoms with E-state index >= 15 is 0 Å². The van der Waals surface area contributed by atoms with Crippen molar-refractivity contribution in [2.75, 3.05) is 51.0 Å². The number of aromatic nitrogens is 3. The van der Waals surface area contributed by atoms with Gasteiger partial charge in [0.25, 0.3) is 5.91 Å². The lowest BCUT2D eigenvalue weighted by atomic mass is 10.1. The Balaban J connectivity index is 1.60. The van der Waals surface area contributed by atoms with Gasteiger partial charge in [0.15, 0.2) is 5.82 Å². The van der Waals surface area contributed by atoms with Gasteiger partial charge in [-0.15, -0.1) is 0 Å². The largest absolute Gasteiger partial charge is 0.378 e. The first kappa shape index (κ1) is 17.7. The Bertz CT molecular complexity index is 815. The van der Waals surface area contributed by atoms with Crippen LogP contribution >= 0.6 is 0 Å². The number of nitrogens with zero attached hydrogens (tertiary/aromatic N) is 5. The minimum atomic E-state index is -0.684. The minimum Gasteiger partial charge on any atom is -0.378 e. The molecule has 0 N–H and O–H groups in total. The van der Waals surface area contributed by atoms with Gasteiger partial charge in [0.05, 0.1) is 26.4 Å². The van der Waals surface area contributed by atoms with Gasteiger partial charge in [0.2, 0.25) is 5.95 Å². The van der Waals surface area contributed by atoms with Crippen molar-refractivity contribution in [2.45, 2.75) is 6.04 Å². The quantitative estimate of drug-likeness (QED) is 0.744. The zero-order chi connectivity index (χ0) is 18.6. The molecule has 1 atom stereocenters. The van der Waals surface area contributed by atoms with Crippen LogP contribution in [0.5, 0.6) is 0 Å². The summed E-state index contributed by atoms with van der Waals surface area (Å²) in [5.41, 5.74) is 0.249. The van der Waals surface area contributed by atoms with E-state index in [4.69, 9.17) is 9.47 Å². The van der Waals surface area contributed by atoms with E-state index in [2.05, 4.69) is 19.9 Å². The van der Waals surface area contributed by atoms with Gasteiger partial charge in [0.1, 0.15) is 11.9 Å². The number of anilines is 1. The molecule has 0 saturated carbocycles. The van der Waals surface area contributed by atoms with Gasteiger partial charge >= 0.3 is 0 Å². The van der Waals surface area contributed by atoms with Crippen molar-refractivity contribution in [3.05, 3.63) is 47.9 Å². The summed E-state index contributed by atoms with van der Waals surface area (Å²) in [4.78, 5) is 29.2. The average molecular weight is 373 g/mol. The normalized spacial score (nSPS) is 20.6. The van der Waals surface area contributed by atoms with Crippen molar-refractivity contribution in [3.63, 3.8) is 0 Å². The standard InChI is InChI=1S/C18H20FN5O3/c19-15-11-13(1-3-20-15)18(25)24-7-10-27-12-14(24)17-21-4-2-16(22-17)23-5-8-26-9-6-23/h1-4,11,14H,5-10,12H2/t14-/m1/s1. The Kier molecular flexibility index (Phi) is 5.21. The summed E-state index contributed by atoms with van der Waals surface area (Å²) < 4.78 is 24.4. The summed E-state index contributed by atoms with van der Waals surface area (Å²) >= 11 is 0. The summed E-state index contributed by atoms with van der Waals surface area (Å²) in [7, 11) is 0. The van der Waals surface area contributed by atoms with E-state index < -0.39 is 12.0 Å². The molecule has 9 heteroatoms. The topological polar surface area (TPSA) is 80.7 Å². The van der Waals surface area contributed by atoms with Crippen molar-refractivity contribution >= 4 is 11.7 Å². The molecular formula is C18H20FN5O3. The van der Waals surface area contributed by atoms with E-state index in [1.807, 2.05) is 6.07 Å². The second kappa shape index (κ2) is 7.93. The number of ether oxygens (including phenoxy) is 2. The van der Waals surface area contributed by atoms with Crippen LogP contribution in [0, 0.1) is 5.95 Å². The van der Waals surface area contributed by atoms with Crippen LogP contribution in [0.25, 0.3) is 0 Å². The highest BCUT2D eigenvalue weighted by Gasteiger charge is 2.32. The predicted molar refractivity (Wildman–Crippen MR) is 93.9 cm³/mol. The molecule has 2 aliphatic heterocycles. The lowest BCUT2D eigenvalue weighted by molar-refractivity contribution is -0.00524. The van der Waals surface area contributed by atoms with Crippen molar-refractivity contribution in [1.82, 2.24) is 19.9 Å². The molecule has 8 nitrogen and oxygen atoms in total. The number of halogens is 1. The third-order valence-electron chi connectivity index (χ3n) is 4.66. The Morgan fingerprint density at radius 2 is 1.85 bits per heavy atom. The molecule has 4 heterocycles. The predicted octanol–water partition coefficient (Wildman–Crippen LogP) is 1.06. The molecule has 0 aromatic carbocycles. The Hall–Kier alpha value is -2.65. The monoisotopic (exact) mass is 373 g/mol. The van der Waals surface area contributed by atoms with Crippen molar-refractivity contribution < 1.29 is 18.7 Å². The number of pyridine rings is 1. The van der Waals surface area contributed by atoms with Gasteiger partial charge < -0.3 is 19.3 Å².